The maximum absolute atomic E-state index is 12.1. The first-order valence-electron chi connectivity index (χ1n) is 5.81. The third kappa shape index (κ3) is 2.34. The molecule has 2 rings (SSSR count). The fourth-order valence-corrected chi connectivity index (χ4v) is 1.83. The molecule has 102 valence electrons. The van der Waals surface area contributed by atoms with E-state index in [1.807, 2.05) is 6.07 Å². The third-order valence-electron chi connectivity index (χ3n) is 2.84. The molecule has 0 bridgehead atoms. The molecule has 1 aromatic carbocycles. The van der Waals surface area contributed by atoms with Crippen LogP contribution in [-0.2, 0) is 7.05 Å². The average Bonchev–Trinajstić information content (AvgIpc) is 2.49. The van der Waals surface area contributed by atoms with E-state index in [9.17, 15) is 4.79 Å². The van der Waals surface area contributed by atoms with Gasteiger partial charge in [0.05, 0.1) is 14.2 Å². The summed E-state index contributed by atoms with van der Waals surface area (Å²) in [5, 5.41) is 8.93. The number of hydrogen-bond acceptors (Lipinski definition) is 5. The topological polar surface area (TPSA) is 77.1 Å². The minimum Gasteiger partial charge on any atom is -0.493 e. The van der Waals surface area contributed by atoms with Crippen molar-refractivity contribution in [2.24, 2.45) is 7.05 Å². The molecule has 0 fully saturated rings. The van der Waals surface area contributed by atoms with Crippen LogP contribution < -0.4 is 15.0 Å². The standard InChI is InChI=1S/C14H13N3O3/c1-17-8-10(7-15)16-13(14(17)18)9-4-5-11(19-2)12(6-9)20-3/h4-6,8H,1-3H3. The van der Waals surface area contributed by atoms with Crippen LogP contribution in [0.5, 0.6) is 11.5 Å². The minimum atomic E-state index is -0.281. The quantitative estimate of drug-likeness (QED) is 0.841. The lowest BCUT2D eigenvalue weighted by atomic mass is 10.1. The third-order valence-corrected chi connectivity index (χ3v) is 2.84. The molecule has 0 aliphatic heterocycles. The summed E-state index contributed by atoms with van der Waals surface area (Å²) in [7, 11) is 4.62. The van der Waals surface area contributed by atoms with E-state index in [4.69, 9.17) is 14.7 Å². The van der Waals surface area contributed by atoms with Crippen LogP contribution in [0.2, 0.25) is 0 Å². The molecular weight excluding hydrogens is 258 g/mol. The Morgan fingerprint density at radius 3 is 2.55 bits per heavy atom. The molecule has 1 heterocycles. The van der Waals surface area contributed by atoms with Crippen molar-refractivity contribution < 1.29 is 9.47 Å². The number of aryl methyl sites for hydroxylation is 1. The number of aromatic nitrogens is 2. The van der Waals surface area contributed by atoms with Gasteiger partial charge in [0, 0.05) is 18.8 Å². The van der Waals surface area contributed by atoms with Crippen LogP contribution in [0, 0.1) is 11.3 Å². The SMILES string of the molecule is COc1ccc(-c2nc(C#N)cn(C)c2=O)cc1OC. The highest BCUT2D eigenvalue weighted by molar-refractivity contribution is 5.63. The van der Waals surface area contributed by atoms with Gasteiger partial charge in [-0.2, -0.15) is 5.26 Å². The normalized spacial score (nSPS) is 9.90. The first kappa shape index (κ1) is 13.6. The number of hydrogen-bond donors (Lipinski definition) is 0. The van der Waals surface area contributed by atoms with Gasteiger partial charge in [0.25, 0.3) is 5.56 Å². The Labute approximate surface area is 115 Å². The summed E-state index contributed by atoms with van der Waals surface area (Å²) < 4.78 is 11.7. The van der Waals surface area contributed by atoms with Crippen LogP contribution in [0.1, 0.15) is 5.69 Å². The Morgan fingerprint density at radius 1 is 1.25 bits per heavy atom. The molecule has 0 atom stereocenters. The predicted molar refractivity (Wildman–Crippen MR) is 72.7 cm³/mol. The Balaban J connectivity index is 2.66. The molecule has 6 heteroatoms. The van der Waals surface area contributed by atoms with E-state index in [1.54, 1.807) is 25.2 Å². The highest BCUT2D eigenvalue weighted by atomic mass is 16.5. The van der Waals surface area contributed by atoms with Gasteiger partial charge in [-0.15, -0.1) is 0 Å². The number of ether oxygens (including phenoxy) is 2. The second-order valence-electron chi connectivity index (χ2n) is 4.07. The molecule has 0 aliphatic carbocycles. The maximum Gasteiger partial charge on any atom is 0.276 e. The van der Waals surface area contributed by atoms with Crippen LogP contribution in [0.4, 0.5) is 0 Å². The van der Waals surface area contributed by atoms with E-state index in [0.29, 0.717) is 17.1 Å². The fourth-order valence-electron chi connectivity index (χ4n) is 1.83. The van der Waals surface area contributed by atoms with E-state index >= 15 is 0 Å². The molecule has 0 N–H and O–H groups in total. The number of nitriles is 1. The van der Waals surface area contributed by atoms with Crippen molar-refractivity contribution >= 4 is 0 Å². The zero-order valence-electron chi connectivity index (χ0n) is 11.4. The first-order valence-corrected chi connectivity index (χ1v) is 5.81. The molecule has 1 aromatic heterocycles. The van der Waals surface area contributed by atoms with E-state index in [-0.39, 0.29) is 16.9 Å². The molecule has 0 unspecified atom stereocenters. The molecule has 2 aromatic rings. The van der Waals surface area contributed by atoms with Crippen LogP contribution in [-0.4, -0.2) is 23.8 Å². The summed E-state index contributed by atoms with van der Waals surface area (Å²) >= 11 is 0. The Bertz CT molecular complexity index is 744. The van der Waals surface area contributed by atoms with Crippen molar-refractivity contribution in [3.05, 3.63) is 40.4 Å². The zero-order chi connectivity index (χ0) is 14.7. The van der Waals surface area contributed by atoms with Crippen LogP contribution in [0.25, 0.3) is 11.3 Å². The lowest BCUT2D eigenvalue weighted by Gasteiger charge is -2.09. The molecule has 0 spiro atoms. The van der Waals surface area contributed by atoms with Crippen LogP contribution >= 0.6 is 0 Å². The van der Waals surface area contributed by atoms with E-state index < -0.39 is 0 Å². The predicted octanol–water partition coefficient (Wildman–Crippen LogP) is 1.34. The number of methoxy groups -OCH3 is 2. The molecule has 0 saturated carbocycles. The Morgan fingerprint density at radius 2 is 1.95 bits per heavy atom. The zero-order valence-corrected chi connectivity index (χ0v) is 11.4. The molecule has 0 aliphatic rings. The molecule has 0 radical (unpaired) electrons. The molecule has 0 amide bonds. The first-order chi connectivity index (χ1) is 9.60. The second kappa shape index (κ2) is 5.45. The summed E-state index contributed by atoms with van der Waals surface area (Å²) in [5.74, 6) is 1.06. The monoisotopic (exact) mass is 271 g/mol. The summed E-state index contributed by atoms with van der Waals surface area (Å²) in [4.78, 5) is 16.2. The molecule has 0 saturated heterocycles. The van der Waals surface area contributed by atoms with Gasteiger partial charge < -0.3 is 14.0 Å². The summed E-state index contributed by atoms with van der Waals surface area (Å²) in [6, 6.07) is 6.98. The van der Waals surface area contributed by atoms with Gasteiger partial charge >= 0.3 is 0 Å². The largest absolute Gasteiger partial charge is 0.493 e. The van der Waals surface area contributed by atoms with E-state index in [2.05, 4.69) is 4.98 Å². The van der Waals surface area contributed by atoms with Crippen molar-refractivity contribution in [3.8, 4) is 28.8 Å². The highest BCUT2D eigenvalue weighted by Crippen LogP contribution is 2.30. The smallest absolute Gasteiger partial charge is 0.276 e. The lowest BCUT2D eigenvalue weighted by molar-refractivity contribution is 0.355. The van der Waals surface area contributed by atoms with Gasteiger partial charge in [-0.05, 0) is 18.2 Å². The van der Waals surface area contributed by atoms with E-state index in [0.717, 1.165) is 0 Å². The second-order valence-corrected chi connectivity index (χ2v) is 4.07. The minimum absolute atomic E-state index is 0.178. The van der Waals surface area contributed by atoms with Crippen molar-refractivity contribution in [1.29, 1.82) is 5.26 Å². The van der Waals surface area contributed by atoms with Crippen molar-refractivity contribution in [2.45, 2.75) is 0 Å². The lowest BCUT2D eigenvalue weighted by Crippen LogP contribution is -2.20. The molecule has 20 heavy (non-hydrogen) atoms. The average molecular weight is 271 g/mol. The van der Waals surface area contributed by atoms with Gasteiger partial charge in [-0.25, -0.2) is 4.98 Å². The Hall–Kier alpha value is -2.81. The number of nitrogens with zero attached hydrogens (tertiary/aromatic N) is 3. The fraction of sp³-hybridized carbons (Fsp3) is 0.214. The van der Waals surface area contributed by atoms with Gasteiger partial charge in [-0.3, -0.25) is 4.79 Å². The van der Waals surface area contributed by atoms with Gasteiger partial charge in [-0.1, -0.05) is 0 Å². The van der Waals surface area contributed by atoms with E-state index in [1.165, 1.54) is 25.0 Å². The van der Waals surface area contributed by atoms with Crippen LogP contribution in [0.3, 0.4) is 0 Å². The highest BCUT2D eigenvalue weighted by Gasteiger charge is 2.12. The van der Waals surface area contributed by atoms with Crippen molar-refractivity contribution in [1.82, 2.24) is 9.55 Å². The summed E-state index contributed by atoms with van der Waals surface area (Å²) in [6.07, 6.45) is 1.40. The summed E-state index contributed by atoms with van der Waals surface area (Å²) in [6.45, 7) is 0. The van der Waals surface area contributed by atoms with Gasteiger partial charge in [0.1, 0.15) is 11.8 Å². The van der Waals surface area contributed by atoms with Crippen molar-refractivity contribution in [3.63, 3.8) is 0 Å². The van der Waals surface area contributed by atoms with Crippen molar-refractivity contribution in [2.75, 3.05) is 14.2 Å². The molecule has 6 nitrogen and oxygen atoms in total. The number of rotatable bonds is 3. The van der Waals surface area contributed by atoms with Gasteiger partial charge in [0.2, 0.25) is 0 Å². The Kier molecular flexibility index (Phi) is 3.71. The van der Waals surface area contributed by atoms with Crippen LogP contribution in [0.15, 0.2) is 29.2 Å². The summed E-state index contributed by atoms with van der Waals surface area (Å²) in [5.41, 5.74) is 0.668. The maximum atomic E-state index is 12.1. The molecular formula is C14H13N3O3. The van der Waals surface area contributed by atoms with Gasteiger partial charge in [0.15, 0.2) is 17.2 Å². The number of benzene rings is 1.